The van der Waals surface area contributed by atoms with Crippen molar-refractivity contribution >= 4 is 15.9 Å². The van der Waals surface area contributed by atoms with Gasteiger partial charge >= 0.3 is 0 Å². The van der Waals surface area contributed by atoms with Gasteiger partial charge in [-0.25, -0.2) is 4.39 Å². The van der Waals surface area contributed by atoms with Crippen LogP contribution >= 0.6 is 15.9 Å². The zero-order valence-corrected chi connectivity index (χ0v) is 9.25. The van der Waals surface area contributed by atoms with Gasteiger partial charge < -0.3 is 5.11 Å². The molecule has 1 heterocycles. The maximum atomic E-state index is 13.4. The van der Waals surface area contributed by atoms with Gasteiger partial charge in [-0.3, -0.25) is 5.10 Å². The Kier molecular flexibility index (Phi) is 2.83. The third-order valence-corrected chi connectivity index (χ3v) is 2.50. The lowest BCUT2D eigenvalue weighted by Gasteiger charge is -1.99. The molecule has 5 heteroatoms. The van der Waals surface area contributed by atoms with Crippen LogP contribution in [0.5, 0.6) is 0 Å². The van der Waals surface area contributed by atoms with Gasteiger partial charge in [-0.2, -0.15) is 5.10 Å². The number of nitrogens with one attached hydrogen (secondary N) is 1. The van der Waals surface area contributed by atoms with Crippen molar-refractivity contribution in [2.75, 3.05) is 0 Å². The van der Waals surface area contributed by atoms with E-state index in [2.05, 4.69) is 26.1 Å². The quantitative estimate of drug-likeness (QED) is 0.881. The van der Waals surface area contributed by atoms with Gasteiger partial charge in [0.1, 0.15) is 5.82 Å². The SMILES string of the molecule is OCc1cc(-c2cc(Br)ccc2F)n[nH]1. The van der Waals surface area contributed by atoms with E-state index in [9.17, 15) is 4.39 Å². The number of hydrogen-bond acceptors (Lipinski definition) is 2. The summed E-state index contributed by atoms with van der Waals surface area (Å²) in [5.41, 5.74) is 1.45. The van der Waals surface area contributed by atoms with Crippen molar-refractivity contribution in [3.8, 4) is 11.3 Å². The Bertz CT molecular complexity index is 484. The maximum absolute atomic E-state index is 13.4. The molecule has 0 saturated carbocycles. The van der Waals surface area contributed by atoms with E-state index in [1.54, 1.807) is 18.2 Å². The number of hydrogen-bond donors (Lipinski definition) is 2. The average molecular weight is 271 g/mol. The average Bonchev–Trinajstić information content (AvgIpc) is 2.70. The first-order valence-electron chi connectivity index (χ1n) is 4.31. The third kappa shape index (κ3) is 2.08. The van der Waals surface area contributed by atoms with Gasteiger partial charge in [0, 0.05) is 10.0 Å². The highest BCUT2D eigenvalue weighted by molar-refractivity contribution is 9.10. The van der Waals surface area contributed by atoms with Crippen molar-refractivity contribution in [2.24, 2.45) is 0 Å². The van der Waals surface area contributed by atoms with Crippen molar-refractivity contribution in [1.82, 2.24) is 10.2 Å². The fourth-order valence-corrected chi connectivity index (χ4v) is 1.64. The predicted molar refractivity (Wildman–Crippen MR) is 57.6 cm³/mol. The van der Waals surface area contributed by atoms with Gasteiger partial charge in [0.25, 0.3) is 0 Å². The highest BCUT2D eigenvalue weighted by Crippen LogP contribution is 2.25. The molecule has 0 unspecified atom stereocenters. The van der Waals surface area contributed by atoms with Crippen LogP contribution in [0.4, 0.5) is 4.39 Å². The molecule has 15 heavy (non-hydrogen) atoms. The monoisotopic (exact) mass is 270 g/mol. The number of benzene rings is 1. The summed E-state index contributed by atoms with van der Waals surface area (Å²) >= 11 is 3.26. The Morgan fingerprint density at radius 2 is 2.20 bits per heavy atom. The number of aliphatic hydroxyl groups is 1. The molecule has 2 rings (SSSR count). The Morgan fingerprint density at radius 1 is 1.40 bits per heavy atom. The number of H-pyrrole nitrogens is 1. The number of aromatic amines is 1. The van der Waals surface area contributed by atoms with Crippen molar-refractivity contribution in [3.63, 3.8) is 0 Å². The van der Waals surface area contributed by atoms with Crippen LogP contribution in [0, 0.1) is 5.82 Å². The summed E-state index contributed by atoms with van der Waals surface area (Å²) in [7, 11) is 0. The molecule has 0 fully saturated rings. The lowest BCUT2D eigenvalue weighted by atomic mass is 10.1. The summed E-state index contributed by atoms with van der Waals surface area (Å²) in [6.45, 7) is -0.136. The first-order chi connectivity index (χ1) is 7.20. The minimum absolute atomic E-state index is 0.136. The van der Waals surface area contributed by atoms with Crippen LogP contribution in [-0.2, 0) is 6.61 Å². The number of nitrogens with zero attached hydrogens (tertiary/aromatic N) is 1. The minimum atomic E-state index is -0.339. The van der Waals surface area contributed by atoms with E-state index in [0.717, 1.165) is 4.47 Å². The smallest absolute Gasteiger partial charge is 0.132 e. The highest BCUT2D eigenvalue weighted by Gasteiger charge is 2.09. The molecule has 78 valence electrons. The van der Waals surface area contributed by atoms with Gasteiger partial charge in [-0.1, -0.05) is 15.9 Å². The van der Waals surface area contributed by atoms with E-state index >= 15 is 0 Å². The van der Waals surface area contributed by atoms with Gasteiger partial charge in [0.2, 0.25) is 0 Å². The largest absolute Gasteiger partial charge is 0.390 e. The third-order valence-electron chi connectivity index (χ3n) is 2.01. The van der Waals surface area contributed by atoms with Crippen LogP contribution < -0.4 is 0 Å². The van der Waals surface area contributed by atoms with Crippen LogP contribution in [0.15, 0.2) is 28.7 Å². The first-order valence-corrected chi connectivity index (χ1v) is 5.10. The normalized spacial score (nSPS) is 10.6. The van der Waals surface area contributed by atoms with E-state index < -0.39 is 0 Å². The number of aromatic nitrogens is 2. The fraction of sp³-hybridized carbons (Fsp3) is 0.100. The lowest BCUT2D eigenvalue weighted by molar-refractivity contribution is 0.276. The molecule has 0 amide bonds. The van der Waals surface area contributed by atoms with Crippen molar-refractivity contribution in [1.29, 1.82) is 0 Å². The molecule has 1 aromatic heterocycles. The van der Waals surface area contributed by atoms with Crippen molar-refractivity contribution < 1.29 is 9.50 Å². The van der Waals surface area contributed by atoms with E-state index in [1.807, 2.05) is 0 Å². The molecular weight excluding hydrogens is 263 g/mol. The molecule has 0 atom stereocenters. The van der Waals surface area contributed by atoms with Gasteiger partial charge in [-0.15, -0.1) is 0 Å². The Hall–Kier alpha value is -1.20. The molecule has 0 bridgehead atoms. The Labute approximate surface area is 94.1 Å². The van der Waals surface area contributed by atoms with Gasteiger partial charge in [0.15, 0.2) is 0 Å². The summed E-state index contributed by atoms with van der Waals surface area (Å²) < 4.78 is 14.2. The molecule has 2 N–H and O–H groups in total. The van der Waals surface area contributed by atoms with Crippen LogP contribution in [0.25, 0.3) is 11.3 Å². The van der Waals surface area contributed by atoms with Crippen LogP contribution in [0.2, 0.25) is 0 Å². The summed E-state index contributed by atoms with van der Waals surface area (Å²) in [5.74, 6) is -0.339. The highest BCUT2D eigenvalue weighted by atomic mass is 79.9. The van der Waals surface area contributed by atoms with Gasteiger partial charge in [-0.05, 0) is 24.3 Å². The standard InChI is InChI=1S/C10H8BrFN2O/c11-6-1-2-9(12)8(3-6)10-4-7(5-15)13-14-10/h1-4,15H,5H2,(H,13,14). The number of halogens is 2. The van der Waals surface area contributed by atoms with E-state index in [0.29, 0.717) is 17.0 Å². The Balaban J connectivity index is 2.48. The second kappa shape index (κ2) is 4.12. The molecule has 0 aliphatic carbocycles. The molecular formula is C10H8BrFN2O. The van der Waals surface area contributed by atoms with E-state index in [-0.39, 0.29) is 12.4 Å². The number of aliphatic hydroxyl groups excluding tert-OH is 1. The molecule has 0 spiro atoms. The summed E-state index contributed by atoms with van der Waals surface area (Å²) in [5, 5.41) is 15.4. The predicted octanol–water partition coefficient (Wildman–Crippen LogP) is 2.47. The van der Waals surface area contributed by atoms with Crippen LogP contribution in [0.1, 0.15) is 5.69 Å². The van der Waals surface area contributed by atoms with Gasteiger partial charge in [0.05, 0.1) is 18.0 Å². The summed E-state index contributed by atoms with van der Waals surface area (Å²) in [4.78, 5) is 0. The maximum Gasteiger partial charge on any atom is 0.132 e. The molecule has 3 nitrogen and oxygen atoms in total. The first kappa shape index (κ1) is 10.3. The molecule has 2 aromatic rings. The van der Waals surface area contributed by atoms with E-state index in [1.165, 1.54) is 6.07 Å². The lowest BCUT2D eigenvalue weighted by Crippen LogP contribution is -1.84. The summed E-state index contributed by atoms with van der Waals surface area (Å²) in [6, 6.07) is 6.25. The van der Waals surface area contributed by atoms with Crippen LogP contribution in [0.3, 0.4) is 0 Å². The minimum Gasteiger partial charge on any atom is -0.390 e. The van der Waals surface area contributed by atoms with Crippen molar-refractivity contribution in [2.45, 2.75) is 6.61 Å². The number of rotatable bonds is 2. The summed E-state index contributed by atoms with van der Waals surface area (Å²) in [6.07, 6.45) is 0. The molecule has 1 aromatic carbocycles. The molecule has 0 aliphatic heterocycles. The molecule has 0 radical (unpaired) electrons. The molecule has 0 aliphatic rings. The second-order valence-corrected chi connectivity index (χ2v) is 3.98. The molecule has 0 saturated heterocycles. The fourth-order valence-electron chi connectivity index (χ4n) is 1.27. The topological polar surface area (TPSA) is 48.9 Å². The zero-order chi connectivity index (χ0) is 10.8. The van der Waals surface area contributed by atoms with E-state index in [4.69, 9.17) is 5.11 Å². The zero-order valence-electron chi connectivity index (χ0n) is 7.67. The van der Waals surface area contributed by atoms with Crippen LogP contribution in [-0.4, -0.2) is 15.3 Å². The Morgan fingerprint density at radius 3 is 2.87 bits per heavy atom. The second-order valence-electron chi connectivity index (χ2n) is 3.06. The van der Waals surface area contributed by atoms with Crippen molar-refractivity contribution in [3.05, 3.63) is 40.2 Å².